The second-order valence-electron chi connectivity index (χ2n) is 3.57. The molecule has 0 aliphatic rings. The Labute approximate surface area is 102 Å². The van der Waals surface area contributed by atoms with Crippen LogP contribution in [0.3, 0.4) is 0 Å². The third-order valence-electron chi connectivity index (χ3n) is 2.52. The molecule has 2 aromatic rings. The lowest BCUT2D eigenvalue weighted by atomic mass is 10.1. The first-order chi connectivity index (χ1) is 7.65. The average Bonchev–Trinajstić information content (AvgIpc) is 2.55. The van der Waals surface area contributed by atoms with E-state index in [1.54, 1.807) is 16.8 Å². The number of hydrogen-bond donors (Lipinski definition) is 0. The summed E-state index contributed by atoms with van der Waals surface area (Å²) in [5.41, 5.74) is 2.31. The maximum atomic E-state index is 13.7. The lowest BCUT2D eigenvalue weighted by Crippen LogP contribution is -1.96. The summed E-state index contributed by atoms with van der Waals surface area (Å²) in [5.74, 6) is -0.228. The van der Waals surface area contributed by atoms with Crippen LogP contribution in [0.1, 0.15) is 12.6 Å². The Hall–Kier alpha value is -1.16. The van der Waals surface area contributed by atoms with E-state index in [-0.39, 0.29) is 5.82 Å². The van der Waals surface area contributed by atoms with Gasteiger partial charge >= 0.3 is 0 Å². The fourth-order valence-electron chi connectivity index (χ4n) is 1.73. The summed E-state index contributed by atoms with van der Waals surface area (Å²) in [6, 6.07) is 6.73. The molecule has 1 heterocycles. The van der Waals surface area contributed by atoms with E-state index in [2.05, 4.69) is 21.0 Å². The molecule has 16 heavy (non-hydrogen) atoms. The van der Waals surface area contributed by atoms with E-state index < -0.39 is 0 Å². The van der Waals surface area contributed by atoms with Crippen LogP contribution in [-0.4, -0.2) is 9.78 Å². The molecule has 0 unspecified atom stereocenters. The zero-order chi connectivity index (χ0) is 11.7. The monoisotopic (exact) mass is 282 g/mol. The Morgan fingerprint density at radius 3 is 2.62 bits per heavy atom. The Morgan fingerprint density at radius 2 is 2.06 bits per heavy atom. The van der Waals surface area contributed by atoms with E-state index in [0.717, 1.165) is 22.3 Å². The van der Waals surface area contributed by atoms with Crippen LogP contribution in [0.4, 0.5) is 4.39 Å². The molecule has 1 aromatic carbocycles. The fraction of sp³-hybridized carbons (Fsp3) is 0.250. The van der Waals surface area contributed by atoms with Crippen molar-refractivity contribution in [1.29, 1.82) is 0 Å². The van der Waals surface area contributed by atoms with E-state index in [0.29, 0.717) is 5.56 Å². The van der Waals surface area contributed by atoms with Gasteiger partial charge in [0.15, 0.2) is 0 Å². The molecule has 0 spiro atoms. The van der Waals surface area contributed by atoms with Gasteiger partial charge in [0.1, 0.15) is 5.82 Å². The second-order valence-corrected chi connectivity index (χ2v) is 4.36. The van der Waals surface area contributed by atoms with Gasteiger partial charge in [-0.05, 0) is 34.5 Å². The highest BCUT2D eigenvalue weighted by molar-refractivity contribution is 9.10. The van der Waals surface area contributed by atoms with Crippen molar-refractivity contribution in [2.24, 2.45) is 7.05 Å². The molecule has 0 radical (unpaired) electrons. The highest BCUT2D eigenvalue weighted by Gasteiger charge is 2.16. The van der Waals surface area contributed by atoms with E-state index in [9.17, 15) is 4.39 Å². The quantitative estimate of drug-likeness (QED) is 0.824. The third-order valence-corrected chi connectivity index (χ3v) is 3.35. The molecule has 4 heteroatoms. The first-order valence-electron chi connectivity index (χ1n) is 5.11. The van der Waals surface area contributed by atoms with Crippen LogP contribution in [0, 0.1) is 5.82 Å². The van der Waals surface area contributed by atoms with Crippen molar-refractivity contribution in [2.45, 2.75) is 13.3 Å². The maximum absolute atomic E-state index is 13.7. The van der Waals surface area contributed by atoms with Crippen molar-refractivity contribution in [3.63, 3.8) is 0 Å². The highest BCUT2D eigenvalue weighted by atomic mass is 79.9. The molecular weight excluding hydrogens is 271 g/mol. The zero-order valence-electron chi connectivity index (χ0n) is 9.17. The van der Waals surface area contributed by atoms with Crippen LogP contribution in [0.2, 0.25) is 0 Å². The molecule has 0 aliphatic carbocycles. The summed E-state index contributed by atoms with van der Waals surface area (Å²) in [4.78, 5) is 0. The van der Waals surface area contributed by atoms with Crippen LogP contribution in [0.5, 0.6) is 0 Å². The number of benzene rings is 1. The Balaban J connectivity index is 2.65. The summed E-state index contributed by atoms with van der Waals surface area (Å²) >= 11 is 3.48. The molecule has 2 nitrogen and oxygen atoms in total. The van der Waals surface area contributed by atoms with E-state index >= 15 is 0 Å². The highest BCUT2D eigenvalue weighted by Crippen LogP contribution is 2.32. The van der Waals surface area contributed by atoms with Gasteiger partial charge in [-0.25, -0.2) is 4.39 Å². The zero-order valence-corrected chi connectivity index (χ0v) is 10.8. The van der Waals surface area contributed by atoms with Gasteiger partial charge in [-0.1, -0.05) is 19.1 Å². The minimum atomic E-state index is -0.228. The summed E-state index contributed by atoms with van der Waals surface area (Å²) in [6.07, 6.45) is 0.822. The topological polar surface area (TPSA) is 17.8 Å². The van der Waals surface area contributed by atoms with Gasteiger partial charge in [0, 0.05) is 12.6 Å². The lowest BCUT2D eigenvalue weighted by molar-refractivity contribution is 0.628. The third kappa shape index (κ3) is 1.78. The van der Waals surface area contributed by atoms with Gasteiger partial charge in [-0.3, -0.25) is 4.68 Å². The number of aryl methyl sites for hydroxylation is 2. The molecule has 84 valence electrons. The Bertz CT molecular complexity index is 520. The summed E-state index contributed by atoms with van der Waals surface area (Å²) in [7, 11) is 1.83. The van der Waals surface area contributed by atoms with Gasteiger partial charge in [0.05, 0.1) is 15.9 Å². The lowest BCUT2D eigenvalue weighted by Gasteiger charge is -2.04. The molecule has 0 fully saturated rings. The summed E-state index contributed by atoms with van der Waals surface area (Å²) in [5, 5.41) is 4.35. The van der Waals surface area contributed by atoms with Gasteiger partial charge in [-0.15, -0.1) is 0 Å². The van der Waals surface area contributed by atoms with Crippen LogP contribution >= 0.6 is 15.9 Å². The SMILES string of the molecule is CCc1nn(C)c(-c2ccccc2F)c1Br. The van der Waals surface area contributed by atoms with Gasteiger partial charge < -0.3 is 0 Å². The molecule has 0 amide bonds. The number of rotatable bonds is 2. The Kier molecular flexibility index (Phi) is 3.10. The van der Waals surface area contributed by atoms with Crippen LogP contribution in [-0.2, 0) is 13.5 Å². The number of nitrogens with zero attached hydrogens (tertiary/aromatic N) is 2. The van der Waals surface area contributed by atoms with E-state index in [4.69, 9.17) is 0 Å². The smallest absolute Gasteiger partial charge is 0.132 e. The molecule has 0 aliphatic heterocycles. The van der Waals surface area contributed by atoms with Gasteiger partial charge in [0.2, 0.25) is 0 Å². The van der Waals surface area contributed by atoms with E-state index in [1.165, 1.54) is 6.07 Å². The number of halogens is 2. The number of aromatic nitrogens is 2. The molecule has 1 aromatic heterocycles. The Morgan fingerprint density at radius 1 is 1.38 bits per heavy atom. The molecule has 0 saturated carbocycles. The van der Waals surface area contributed by atoms with Crippen molar-refractivity contribution >= 4 is 15.9 Å². The van der Waals surface area contributed by atoms with Crippen molar-refractivity contribution < 1.29 is 4.39 Å². The molecule has 0 N–H and O–H groups in total. The van der Waals surface area contributed by atoms with Crippen molar-refractivity contribution in [1.82, 2.24) is 9.78 Å². The maximum Gasteiger partial charge on any atom is 0.132 e. The number of hydrogen-bond acceptors (Lipinski definition) is 1. The van der Waals surface area contributed by atoms with Gasteiger partial charge in [0.25, 0.3) is 0 Å². The van der Waals surface area contributed by atoms with Gasteiger partial charge in [-0.2, -0.15) is 5.10 Å². The molecule has 0 bridgehead atoms. The molecule has 0 saturated heterocycles. The molecule has 2 rings (SSSR count). The summed E-state index contributed by atoms with van der Waals surface area (Å²) in [6.45, 7) is 2.03. The second kappa shape index (κ2) is 4.37. The predicted octanol–water partition coefficient (Wildman–Crippen LogP) is 3.55. The summed E-state index contributed by atoms with van der Waals surface area (Å²) < 4.78 is 16.3. The largest absolute Gasteiger partial charge is 0.266 e. The minimum absolute atomic E-state index is 0.228. The fourth-order valence-corrected chi connectivity index (χ4v) is 2.56. The standard InChI is InChI=1S/C12H12BrFN2/c1-3-10-11(13)12(16(2)15-10)8-6-4-5-7-9(8)14/h4-7H,3H2,1-2H3. The van der Waals surface area contributed by atoms with Crippen LogP contribution in [0.25, 0.3) is 11.3 Å². The minimum Gasteiger partial charge on any atom is -0.266 e. The van der Waals surface area contributed by atoms with Crippen molar-refractivity contribution in [2.75, 3.05) is 0 Å². The molecular formula is C12H12BrFN2. The first kappa shape index (κ1) is 11.3. The van der Waals surface area contributed by atoms with E-state index in [1.807, 2.05) is 20.0 Å². The predicted molar refractivity (Wildman–Crippen MR) is 65.7 cm³/mol. The average molecular weight is 283 g/mol. The van der Waals surface area contributed by atoms with Crippen molar-refractivity contribution in [3.8, 4) is 11.3 Å². The molecule has 0 atom stereocenters. The van der Waals surface area contributed by atoms with Crippen LogP contribution in [0.15, 0.2) is 28.7 Å². The van der Waals surface area contributed by atoms with Crippen LogP contribution < -0.4 is 0 Å². The first-order valence-corrected chi connectivity index (χ1v) is 5.90. The van der Waals surface area contributed by atoms with Crippen molar-refractivity contribution in [3.05, 3.63) is 40.2 Å². The normalized spacial score (nSPS) is 10.8.